The van der Waals surface area contributed by atoms with Crippen LogP contribution in [0.4, 0.5) is 5.69 Å². The zero-order chi connectivity index (χ0) is 10.6. The molecule has 0 bridgehead atoms. The molecule has 0 fully saturated rings. The zero-order valence-electron chi connectivity index (χ0n) is 7.51. The van der Waals surface area contributed by atoms with Crippen molar-refractivity contribution in [2.24, 2.45) is 5.14 Å². The maximum atomic E-state index is 10.6. The normalized spacial score (nSPS) is 11.5. The number of rotatable bonds is 4. The van der Waals surface area contributed by atoms with Crippen molar-refractivity contribution < 1.29 is 8.42 Å². The van der Waals surface area contributed by atoms with Gasteiger partial charge in [-0.3, -0.25) is 0 Å². The van der Waals surface area contributed by atoms with Crippen molar-refractivity contribution in [3.8, 4) is 0 Å². The summed E-state index contributed by atoms with van der Waals surface area (Å²) in [4.78, 5) is 0.885. The van der Waals surface area contributed by atoms with Gasteiger partial charge in [0, 0.05) is 16.3 Å². The van der Waals surface area contributed by atoms with Crippen molar-refractivity contribution in [2.75, 3.05) is 17.2 Å². The molecule has 0 aliphatic rings. The van der Waals surface area contributed by atoms with E-state index in [0.717, 1.165) is 4.90 Å². The Bertz CT molecular complexity index is 404. The van der Waals surface area contributed by atoms with Crippen LogP contribution in [-0.2, 0) is 10.0 Å². The minimum atomic E-state index is -3.37. The van der Waals surface area contributed by atoms with Crippen LogP contribution in [0, 0.1) is 0 Å². The second kappa shape index (κ2) is 4.68. The number of sulfonamides is 1. The topological polar surface area (TPSA) is 86.2 Å². The Balaban J connectivity index is 2.51. The third-order valence-corrected chi connectivity index (χ3v) is 3.67. The number of anilines is 1. The molecule has 0 spiro atoms. The SMILES string of the molecule is Nc1ccccc1SCCS(N)(=O)=O. The summed E-state index contributed by atoms with van der Waals surface area (Å²) in [5.74, 6) is 0.388. The largest absolute Gasteiger partial charge is 0.398 e. The molecule has 0 unspecified atom stereocenters. The molecule has 0 aromatic heterocycles. The summed E-state index contributed by atoms with van der Waals surface area (Å²) in [5, 5.41) is 4.87. The van der Waals surface area contributed by atoms with Crippen LogP contribution in [0.2, 0.25) is 0 Å². The average molecular weight is 232 g/mol. The highest BCUT2D eigenvalue weighted by Gasteiger charge is 2.04. The molecule has 0 aliphatic heterocycles. The smallest absolute Gasteiger partial charge is 0.209 e. The molecule has 0 heterocycles. The maximum absolute atomic E-state index is 10.6. The fourth-order valence-electron chi connectivity index (χ4n) is 0.880. The molecule has 4 N–H and O–H groups in total. The maximum Gasteiger partial charge on any atom is 0.209 e. The van der Waals surface area contributed by atoms with E-state index in [0.29, 0.717) is 11.4 Å². The first kappa shape index (κ1) is 11.4. The fraction of sp³-hybridized carbons (Fsp3) is 0.250. The minimum absolute atomic E-state index is 0.0357. The molecule has 0 atom stereocenters. The highest BCUT2D eigenvalue weighted by Crippen LogP contribution is 2.23. The molecule has 0 aliphatic carbocycles. The van der Waals surface area contributed by atoms with Gasteiger partial charge in [-0.2, -0.15) is 0 Å². The van der Waals surface area contributed by atoms with E-state index in [-0.39, 0.29) is 5.75 Å². The van der Waals surface area contributed by atoms with Crippen molar-refractivity contribution in [1.82, 2.24) is 0 Å². The molecule has 78 valence electrons. The van der Waals surface area contributed by atoms with Gasteiger partial charge in [0.05, 0.1) is 5.75 Å². The molecule has 0 saturated carbocycles. The Kier molecular flexibility index (Phi) is 3.79. The van der Waals surface area contributed by atoms with Gasteiger partial charge in [-0.05, 0) is 12.1 Å². The van der Waals surface area contributed by atoms with Crippen molar-refractivity contribution in [3.63, 3.8) is 0 Å². The third kappa shape index (κ3) is 3.99. The molecule has 1 aromatic carbocycles. The average Bonchev–Trinajstić information content (AvgIpc) is 2.06. The highest BCUT2D eigenvalue weighted by atomic mass is 32.2. The fourth-order valence-corrected chi connectivity index (χ4v) is 2.77. The molecule has 4 nitrogen and oxygen atoms in total. The number of hydrogen-bond acceptors (Lipinski definition) is 4. The van der Waals surface area contributed by atoms with Gasteiger partial charge in [-0.1, -0.05) is 12.1 Å². The Labute approximate surface area is 87.7 Å². The second-order valence-electron chi connectivity index (χ2n) is 2.75. The summed E-state index contributed by atoms with van der Waals surface area (Å²) in [7, 11) is -3.37. The predicted octanol–water partition coefficient (Wildman–Crippen LogP) is 0.649. The summed E-state index contributed by atoms with van der Waals surface area (Å²) in [6.45, 7) is 0. The first-order valence-electron chi connectivity index (χ1n) is 3.97. The minimum Gasteiger partial charge on any atom is -0.398 e. The molecule has 0 radical (unpaired) electrons. The van der Waals surface area contributed by atoms with Gasteiger partial charge in [0.2, 0.25) is 10.0 Å². The van der Waals surface area contributed by atoms with Gasteiger partial charge in [0.1, 0.15) is 0 Å². The van der Waals surface area contributed by atoms with E-state index >= 15 is 0 Å². The monoisotopic (exact) mass is 232 g/mol. The van der Waals surface area contributed by atoms with E-state index in [1.165, 1.54) is 11.8 Å². The number of hydrogen-bond donors (Lipinski definition) is 2. The Hall–Kier alpha value is -0.720. The van der Waals surface area contributed by atoms with Crippen molar-refractivity contribution >= 4 is 27.5 Å². The van der Waals surface area contributed by atoms with E-state index in [2.05, 4.69) is 0 Å². The Morgan fingerprint density at radius 3 is 2.50 bits per heavy atom. The Morgan fingerprint density at radius 1 is 1.29 bits per heavy atom. The van der Waals surface area contributed by atoms with Crippen LogP contribution in [0.15, 0.2) is 29.2 Å². The summed E-state index contributed by atoms with van der Waals surface area (Å²) < 4.78 is 21.3. The molecular weight excluding hydrogens is 220 g/mol. The lowest BCUT2D eigenvalue weighted by molar-refractivity contribution is 0.599. The molecule has 0 saturated heterocycles. The van der Waals surface area contributed by atoms with Crippen LogP contribution in [0.3, 0.4) is 0 Å². The molecule has 6 heteroatoms. The summed E-state index contributed by atoms with van der Waals surface area (Å²) in [6.07, 6.45) is 0. The van der Waals surface area contributed by atoms with Crippen LogP contribution in [0.1, 0.15) is 0 Å². The molecule has 1 aromatic rings. The van der Waals surface area contributed by atoms with Crippen LogP contribution in [0.25, 0.3) is 0 Å². The predicted molar refractivity (Wildman–Crippen MR) is 59.6 cm³/mol. The number of para-hydroxylation sites is 1. The van der Waals surface area contributed by atoms with Crippen LogP contribution in [0.5, 0.6) is 0 Å². The van der Waals surface area contributed by atoms with E-state index in [4.69, 9.17) is 10.9 Å². The second-order valence-corrected chi connectivity index (χ2v) is 5.62. The number of benzene rings is 1. The van der Waals surface area contributed by atoms with Gasteiger partial charge >= 0.3 is 0 Å². The molecule has 1 rings (SSSR count). The lowest BCUT2D eigenvalue weighted by Gasteiger charge is -2.03. The van der Waals surface area contributed by atoms with E-state index in [1.54, 1.807) is 6.07 Å². The van der Waals surface area contributed by atoms with Crippen molar-refractivity contribution in [2.45, 2.75) is 4.90 Å². The number of nitrogen functional groups attached to an aromatic ring is 1. The number of nitrogens with two attached hydrogens (primary N) is 2. The van der Waals surface area contributed by atoms with Gasteiger partial charge < -0.3 is 5.73 Å². The summed E-state index contributed by atoms with van der Waals surface area (Å²) in [5.41, 5.74) is 6.33. The highest BCUT2D eigenvalue weighted by molar-refractivity contribution is 8.00. The lowest BCUT2D eigenvalue weighted by Crippen LogP contribution is -2.17. The first-order valence-corrected chi connectivity index (χ1v) is 6.67. The van der Waals surface area contributed by atoms with Crippen molar-refractivity contribution in [1.29, 1.82) is 0 Å². The van der Waals surface area contributed by atoms with Gasteiger partial charge in [-0.25, -0.2) is 13.6 Å². The number of thioether (sulfide) groups is 1. The molecular formula is C8H12N2O2S2. The van der Waals surface area contributed by atoms with E-state index in [1.807, 2.05) is 18.2 Å². The van der Waals surface area contributed by atoms with Gasteiger partial charge in [-0.15, -0.1) is 11.8 Å². The van der Waals surface area contributed by atoms with Crippen LogP contribution in [-0.4, -0.2) is 19.9 Å². The third-order valence-electron chi connectivity index (χ3n) is 1.54. The van der Waals surface area contributed by atoms with Gasteiger partial charge in [0.15, 0.2) is 0 Å². The van der Waals surface area contributed by atoms with E-state index < -0.39 is 10.0 Å². The Morgan fingerprint density at radius 2 is 1.93 bits per heavy atom. The number of primary sulfonamides is 1. The quantitative estimate of drug-likeness (QED) is 0.589. The first-order chi connectivity index (χ1) is 6.49. The van der Waals surface area contributed by atoms with Crippen molar-refractivity contribution in [3.05, 3.63) is 24.3 Å². The van der Waals surface area contributed by atoms with Crippen LogP contribution < -0.4 is 10.9 Å². The van der Waals surface area contributed by atoms with E-state index in [9.17, 15) is 8.42 Å². The standard InChI is InChI=1S/C8H12N2O2S2/c9-7-3-1-2-4-8(7)13-5-6-14(10,11)12/h1-4H,5-6,9H2,(H2,10,11,12). The zero-order valence-corrected chi connectivity index (χ0v) is 9.14. The molecule has 0 amide bonds. The summed E-state index contributed by atoms with van der Waals surface area (Å²) in [6, 6.07) is 7.32. The molecule has 14 heavy (non-hydrogen) atoms. The van der Waals surface area contributed by atoms with Gasteiger partial charge in [0.25, 0.3) is 0 Å². The lowest BCUT2D eigenvalue weighted by atomic mass is 10.3. The van der Waals surface area contributed by atoms with Crippen LogP contribution >= 0.6 is 11.8 Å². The summed E-state index contributed by atoms with van der Waals surface area (Å²) >= 11 is 1.39.